The summed E-state index contributed by atoms with van der Waals surface area (Å²) >= 11 is 0.698. The van der Waals surface area contributed by atoms with Gasteiger partial charge in [0.15, 0.2) is 0 Å². The fourth-order valence-corrected chi connectivity index (χ4v) is 4.19. The topological polar surface area (TPSA) is 83.3 Å². The molecule has 10 heteroatoms. The van der Waals surface area contributed by atoms with Crippen LogP contribution in [0, 0.1) is 18.3 Å². The van der Waals surface area contributed by atoms with E-state index in [0.29, 0.717) is 29.8 Å². The molecule has 30 heavy (non-hydrogen) atoms. The Morgan fingerprint density at radius 2 is 1.97 bits per heavy atom. The molecule has 0 unspecified atom stereocenters. The number of aromatic nitrogens is 1. The molecule has 1 aromatic carbocycles. The van der Waals surface area contributed by atoms with Gasteiger partial charge in [-0.05, 0) is 44.2 Å². The fourth-order valence-electron chi connectivity index (χ4n) is 3.02. The zero-order valence-electron chi connectivity index (χ0n) is 16.0. The van der Waals surface area contributed by atoms with E-state index in [4.69, 9.17) is 4.74 Å². The van der Waals surface area contributed by atoms with Crippen molar-refractivity contribution in [3.63, 3.8) is 0 Å². The highest BCUT2D eigenvalue weighted by atomic mass is 32.2. The third-order valence-corrected chi connectivity index (χ3v) is 5.47. The Hall–Kier alpha value is -3.06. The smallest absolute Gasteiger partial charge is 0.417 e. The number of halogens is 3. The van der Waals surface area contributed by atoms with Gasteiger partial charge in [-0.25, -0.2) is 9.88 Å². The molecule has 0 radical (unpaired) electrons. The maximum Gasteiger partial charge on any atom is 0.417 e. The fraction of sp³-hybridized carbons (Fsp3) is 0.300. The minimum atomic E-state index is -4.74. The standard InChI is InChI=1S/C20H16F3N3O3S/c1-3-29-13-6-4-12(5-7-13)26-17(27)9-16(19(26)28)30-18-14(10-24)15(20(21,22)23)8-11(2)25-18/h4-8,16H,3,9H2,1-2H3/t16-/m0/s1. The Labute approximate surface area is 174 Å². The summed E-state index contributed by atoms with van der Waals surface area (Å²) in [6.07, 6.45) is -4.95. The van der Waals surface area contributed by atoms with Crippen LogP contribution in [0.5, 0.6) is 5.75 Å². The zero-order valence-corrected chi connectivity index (χ0v) is 16.8. The number of carbonyl (C=O) groups is 2. The van der Waals surface area contributed by atoms with Gasteiger partial charge in [-0.1, -0.05) is 11.8 Å². The quantitative estimate of drug-likeness (QED) is 0.658. The molecule has 6 nitrogen and oxygen atoms in total. The van der Waals surface area contributed by atoms with Gasteiger partial charge in [-0.3, -0.25) is 9.59 Å². The number of nitrogens with zero attached hydrogens (tertiary/aromatic N) is 3. The highest BCUT2D eigenvalue weighted by Gasteiger charge is 2.42. The van der Waals surface area contributed by atoms with Crippen LogP contribution in [-0.4, -0.2) is 28.7 Å². The monoisotopic (exact) mass is 435 g/mol. The van der Waals surface area contributed by atoms with Crippen LogP contribution in [0.15, 0.2) is 35.4 Å². The number of pyridine rings is 1. The normalized spacial score (nSPS) is 16.7. The molecule has 2 heterocycles. The first kappa shape index (κ1) is 21.6. The third-order valence-electron chi connectivity index (χ3n) is 4.30. The lowest BCUT2D eigenvalue weighted by atomic mass is 10.1. The molecule has 0 bridgehead atoms. The molecule has 1 aromatic heterocycles. The lowest BCUT2D eigenvalue weighted by Crippen LogP contribution is -2.31. The van der Waals surface area contributed by atoms with Crippen molar-refractivity contribution in [2.75, 3.05) is 11.5 Å². The molecular weight excluding hydrogens is 419 g/mol. The second-order valence-corrected chi connectivity index (χ2v) is 7.60. The molecule has 1 aliphatic rings. The molecule has 0 aliphatic carbocycles. The van der Waals surface area contributed by atoms with E-state index in [-0.39, 0.29) is 17.1 Å². The molecule has 0 saturated carbocycles. The number of nitriles is 1. The molecule has 3 rings (SSSR count). The molecule has 1 saturated heterocycles. The number of amides is 2. The highest BCUT2D eigenvalue weighted by Crippen LogP contribution is 2.39. The maximum absolute atomic E-state index is 13.3. The number of carbonyl (C=O) groups excluding carboxylic acids is 2. The Morgan fingerprint density at radius 3 is 2.53 bits per heavy atom. The predicted molar refractivity (Wildman–Crippen MR) is 103 cm³/mol. The number of rotatable bonds is 5. The van der Waals surface area contributed by atoms with E-state index in [9.17, 15) is 28.0 Å². The number of hydrogen-bond donors (Lipinski definition) is 0. The Kier molecular flexibility index (Phi) is 6.03. The summed E-state index contributed by atoms with van der Waals surface area (Å²) in [7, 11) is 0. The summed E-state index contributed by atoms with van der Waals surface area (Å²) in [4.78, 5) is 30.3. The van der Waals surface area contributed by atoms with Crippen LogP contribution in [-0.2, 0) is 15.8 Å². The van der Waals surface area contributed by atoms with Crippen LogP contribution in [0.2, 0.25) is 0 Å². The number of anilines is 1. The van der Waals surface area contributed by atoms with E-state index in [0.717, 1.165) is 11.0 Å². The third kappa shape index (κ3) is 4.26. The molecule has 2 aromatic rings. The highest BCUT2D eigenvalue weighted by molar-refractivity contribution is 8.00. The molecule has 156 valence electrons. The number of imide groups is 1. The van der Waals surface area contributed by atoms with Crippen molar-refractivity contribution in [1.29, 1.82) is 5.26 Å². The Balaban J connectivity index is 1.89. The van der Waals surface area contributed by atoms with Gasteiger partial charge in [0.1, 0.15) is 16.8 Å². The minimum absolute atomic E-state index is 0.0592. The summed E-state index contributed by atoms with van der Waals surface area (Å²) in [6, 6.07) is 8.67. The number of ether oxygens (including phenoxy) is 1. The summed E-state index contributed by atoms with van der Waals surface area (Å²) < 4.78 is 45.2. The first-order valence-electron chi connectivity index (χ1n) is 8.91. The van der Waals surface area contributed by atoms with Gasteiger partial charge in [0.25, 0.3) is 0 Å². The summed E-state index contributed by atoms with van der Waals surface area (Å²) in [5, 5.41) is 8.07. The number of alkyl halides is 3. The number of thioether (sulfide) groups is 1. The second kappa shape index (κ2) is 8.36. The van der Waals surface area contributed by atoms with E-state index >= 15 is 0 Å². The lowest BCUT2D eigenvalue weighted by molar-refractivity contribution is -0.138. The van der Waals surface area contributed by atoms with Crippen molar-refractivity contribution in [1.82, 2.24) is 4.98 Å². The van der Waals surface area contributed by atoms with Crippen LogP contribution in [0.4, 0.5) is 18.9 Å². The van der Waals surface area contributed by atoms with E-state index in [2.05, 4.69) is 4.98 Å². The van der Waals surface area contributed by atoms with E-state index in [1.807, 2.05) is 6.92 Å². The van der Waals surface area contributed by atoms with E-state index in [1.165, 1.54) is 13.0 Å². The van der Waals surface area contributed by atoms with Gasteiger partial charge in [0.05, 0.1) is 28.7 Å². The first-order chi connectivity index (χ1) is 14.2. The van der Waals surface area contributed by atoms with Crippen LogP contribution in [0.25, 0.3) is 0 Å². The molecule has 1 aliphatic heterocycles. The summed E-state index contributed by atoms with van der Waals surface area (Å²) in [5.74, 6) is -0.479. The van der Waals surface area contributed by atoms with Crippen LogP contribution in [0.1, 0.15) is 30.2 Å². The number of hydrogen-bond acceptors (Lipinski definition) is 6. The van der Waals surface area contributed by atoms with Gasteiger partial charge in [-0.15, -0.1) is 0 Å². The Morgan fingerprint density at radius 1 is 1.30 bits per heavy atom. The van der Waals surface area contributed by atoms with Crippen molar-refractivity contribution in [2.24, 2.45) is 0 Å². The molecule has 0 N–H and O–H groups in total. The van der Waals surface area contributed by atoms with Gasteiger partial charge in [-0.2, -0.15) is 18.4 Å². The molecule has 1 fully saturated rings. The van der Waals surface area contributed by atoms with Crippen LogP contribution >= 0.6 is 11.8 Å². The largest absolute Gasteiger partial charge is 0.494 e. The number of aryl methyl sites for hydroxylation is 1. The SMILES string of the molecule is CCOc1ccc(N2C(=O)C[C@H](Sc3nc(C)cc(C(F)(F)F)c3C#N)C2=O)cc1. The van der Waals surface area contributed by atoms with Crippen molar-refractivity contribution in [2.45, 2.75) is 36.7 Å². The van der Waals surface area contributed by atoms with Crippen molar-refractivity contribution < 1.29 is 27.5 Å². The van der Waals surface area contributed by atoms with Gasteiger partial charge < -0.3 is 4.74 Å². The van der Waals surface area contributed by atoms with E-state index in [1.54, 1.807) is 24.3 Å². The van der Waals surface area contributed by atoms with Crippen molar-refractivity contribution in [3.05, 3.63) is 47.2 Å². The van der Waals surface area contributed by atoms with Crippen molar-refractivity contribution >= 4 is 29.3 Å². The lowest BCUT2D eigenvalue weighted by Gasteiger charge is -2.16. The summed E-state index contributed by atoms with van der Waals surface area (Å²) in [5.41, 5.74) is -1.37. The molecule has 2 amide bonds. The van der Waals surface area contributed by atoms with Gasteiger partial charge in [0, 0.05) is 12.1 Å². The minimum Gasteiger partial charge on any atom is -0.494 e. The van der Waals surface area contributed by atoms with Gasteiger partial charge in [0.2, 0.25) is 11.8 Å². The average Bonchev–Trinajstić information content (AvgIpc) is 2.95. The van der Waals surface area contributed by atoms with E-state index < -0.39 is 34.4 Å². The average molecular weight is 435 g/mol. The van der Waals surface area contributed by atoms with Crippen molar-refractivity contribution in [3.8, 4) is 11.8 Å². The van der Waals surface area contributed by atoms with Gasteiger partial charge >= 0.3 is 6.18 Å². The maximum atomic E-state index is 13.3. The molecule has 0 spiro atoms. The summed E-state index contributed by atoms with van der Waals surface area (Å²) in [6.45, 7) is 3.65. The number of benzene rings is 1. The molecular formula is C20H16F3N3O3S. The molecule has 1 atom stereocenters. The van der Waals surface area contributed by atoms with Crippen LogP contribution in [0.3, 0.4) is 0 Å². The zero-order chi connectivity index (χ0) is 22.1. The van der Waals surface area contributed by atoms with Crippen LogP contribution < -0.4 is 9.64 Å². The second-order valence-electron chi connectivity index (χ2n) is 6.41. The first-order valence-corrected chi connectivity index (χ1v) is 9.79. The predicted octanol–water partition coefficient (Wildman–Crippen LogP) is 4.10. The Bertz CT molecular complexity index is 1030.